The van der Waals surface area contributed by atoms with Crippen molar-refractivity contribution in [2.75, 3.05) is 0 Å². The molecule has 1 saturated carbocycles. The van der Waals surface area contributed by atoms with E-state index in [1.165, 1.54) is 19.3 Å². The van der Waals surface area contributed by atoms with Gasteiger partial charge in [0, 0.05) is 24.1 Å². The number of aromatic nitrogens is 2. The Hall–Kier alpha value is -3.45. The fraction of sp³-hybridized carbons (Fsp3) is 0.346. The summed E-state index contributed by atoms with van der Waals surface area (Å²) in [7, 11) is 0. The highest BCUT2D eigenvalue weighted by molar-refractivity contribution is 5.95. The molecule has 2 aromatic carbocycles. The van der Waals surface area contributed by atoms with Gasteiger partial charge in [-0.05, 0) is 55.5 Å². The Kier molecular flexibility index (Phi) is 5.96. The SMILES string of the molecule is O=C(N[C@@H]1CC=CC[C@H]1C(=O)NO)c1ccc(Cn2c(C3CCC3)nc3ccccc32)cc1. The van der Waals surface area contributed by atoms with Crippen molar-refractivity contribution in [1.29, 1.82) is 0 Å². The smallest absolute Gasteiger partial charge is 0.251 e. The van der Waals surface area contributed by atoms with Crippen LogP contribution in [0.5, 0.6) is 0 Å². The maximum Gasteiger partial charge on any atom is 0.251 e. The summed E-state index contributed by atoms with van der Waals surface area (Å²) in [6.07, 6.45) is 8.52. The first-order valence-electron chi connectivity index (χ1n) is 11.6. The lowest BCUT2D eigenvalue weighted by molar-refractivity contribution is -0.134. The van der Waals surface area contributed by atoms with Crippen LogP contribution in [-0.4, -0.2) is 32.6 Å². The third-order valence-corrected chi connectivity index (χ3v) is 6.91. The third kappa shape index (κ3) is 4.28. The molecular formula is C26H28N4O3. The topological polar surface area (TPSA) is 96.3 Å². The van der Waals surface area contributed by atoms with Crippen molar-refractivity contribution in [2.45, 2.75) is 50.6 Å². The minimum absolute atomic E-state index is 0.221. The lowest BCUT2D eigenvalue weighted by Gasteiger charge is -2.27. The predicted octanol–water partition coefficient (Wildman–Crippen LogP) is 3.92. The molecule has 0 unspecified atom stereocenters. The predicted molar refractivity (Wildman–Crippen MR) is 125 cm³/mol. The van der Waals surface area contributed by atoms with Crippen LogP contribution in [0, 0.1) is 5.92 Å². The number of hydroxylamine groups is 1. The first-order valence-corrected chi connectivity index (χ1v) is 11.6. The van der Waals surface area contributed by atoms with Crippen LogP contribution in [0.15, 0.2) is 60.7 Å². The molecule has 0 saturated heterocycles. The molecule has 33 heavy (non-hydrogen) atoms. The number of rotatable bonds is 6. The van der Waals surface area contributed by atoms with Gasteiger partial charge in [-0.25, -0.2) is 10.5 Å². The molecule has 5 rings (SSSR count). The Morgan fingerprint density at radius 2 is 1.79 bits per heavy atom. The number of hydrogen-bond donors (Lipinski definition) is 3. The van der Waals surface area contributed by atoms with Gasteiger partial charge in [0.15, 0.2) is 0 Å². The minimum atomic E-state index is -0.484. The molecule has 170 valence electrons. The van der Waals surface area contributed by atoms with Crippen LogP contribution in [-0.2, 0) is 11.3 Å². The Balaban J connectivity index is 1.32. The summed E-state index contributed by atoms with van der Waals surface area (Å²) in [5.74, 6) is 0.497. The van der Waals surface area contributed by atoms with Crippen molar-refractivity contribution >= 4 is 22.8 Å². The summed E-state index contributed by atoms with van der Waals surface area (Å²) in [5, 5.41) is 11.9. The standard InChI is InChI=1S/C26H28N4O3/c31-25(28-21-9-2-1-8-20(21)26(32)29-33)19-14-12-17(13-15-19)16-30-23-11-4-3-10-22(23)27-24(30)18-6-5-7-18/h1-4,10-15,18,20-21,33H,5-9,16H2,(H,28,31)(H,29,32)/t20-,21-/m1/s1. The quantitative estimate of drug-likeness (QED) is 0.305. The zero-order chi connectivity index (χ0) is 22.8. The Morgan fingerprint density at radius 1 is 1.03 bits per heavy atom. The first kappa shape index (κ1) is 21.4. The number of fused-ring (bicyclic) bond motifs is 1. The summed E-state index contributed by atoms with van der Waals surface area (Å²) in [4.78, 5) is 29.7. The second-order valence-corrected chi connectivity index (χ2v) is 8.97. The summed E-state index contributed by atoms with van der Waals surface area (Å²) >= 11 is 0. The number of nitrogens with one attached hydrogen (secondary N) is 2. The zero-order valence-corrected chi connectivity index (χ0v) is 18.4. The number of nitrogens with zero attached hydrogens (tertiary/aromatic N) is 2. The molecule has 1 heterocycles. The Labute approximate surface area is 192 Å². The van der Waals surface area contributed by atoms with Gasteiger partial charge in [0.25, 0.3) is 5.91 Å². The van der Waals surface area contributed by atoms with Crippen LogP contribution in [0.3, 0.4) is 0 Å². The Bertz CT molecular complexity index is 1190. The molecule has 2 amide bonds. The van der Waals surface area contributed by atoms with E-state index in [4.69, 9.17) is 10.2 Å². The summed E-state index contributed by atoms with van der Waals surface area (Å²) < 4.78 is 2.31. The van der Waals surface area contributed by atoms with E-state index in [9.17, 15) is 9.59 Å². The van der Waals surface area contributed by atoms with Gasteiger partial charge in [0.05, 0.1) is 17.0 Å². The molecule has 7 nitrogen and oxygen atoms in total. The largest absolute Gasteiger partial charge is 0.348 e. The highest BCUT2D eigenvalue weighted by Gasteiger charge is 2.30. The van der Waals surface area contributed by atoms with Crippen LogP contribution >= 0.6 is 0 Å². The van der Waals surface area contributed by atoms with Crippen molar-refractivity contribution in [1.82, 2.24) is 20.3 Å². The number of allylic oxidation sites excluding steroid dienone is 1. The van der Waals surface area contributed by atoms with E-state index in [1.807, 2.05) is 48.6 Å². The molecule has 0 aliphatic heterocycles. The van der Waals surface area contributed by atoms with Crippen molar-refractivity contribution in [3.8, 4) is 0 Å². The second-order valence-electron chi connectivity index (χ2n) is 8.97. The molecule has 3 aromatic rings. The van der Waals surface area contributed by atoms with Gasteiger partial charge in [-0.15, -0.1) is 0 Å². The number of para-hydroxylation sites is 2. The second kappa shape index (κ2) is 9.19. The van der Waals surface area contributed by atoms with Gasteiger partial charge in [-0.2, -0.15) is 0 Å². The molecule has 7 heteroatoms. The van der Waals surface area contributed by atoms with E-state index < -0.39 is 11.8 Å². The van der Waals surface area contributed by atoms with E-state index in [2.05, 4.69) is 22.0 Å². The Morgan fingerprint density at radius 3 is 2.52 bits per heavy atom. The van der Waals surface area contributed by atoms with Crippen LogP contribution in [0.4, 0.5) is 0 Å². The molecule has 1 aromatic heterocycles. The van der Waals surface area contributed by atoms with Gasteiger partial charge in [-0.3, -0.25) is 14.8 Å². The van der Waals surface area contributed by atoms with Crippen molar-refractivity contribution < 1.29 is 14.8 Å². The van der Waals surface area contributed by atoms with E-state index in [0.717, 1.165) is 22.4 Å². The summed E-state index contributed by atoms with van der Waals surface area (Å²) in [5.41, 5.74) is 5.53. The van der Waals surface area contributed by atoms with Gasteiger partial charge in [0.1, 0.15) is 5.82 Å². The molecular weight excluding hydrogens is 416 g/mol. The minimum Gasteiger partial charge on any atom is -0.348 e. The maximum absolute atomic E-state index is 12.8. The summed E-state index contributed by atoms with van der Waals surface area (Å²) in [6.45, 7) is 0.709. The third-order valence-electron chi connectivity index (χ3n) is 6.91. The lowest BCUT2D eigenvalue weighted by atomic mass is 9.85. The molecule has 0 bridgehead atoms. The lowest BCUT2D eigenvalue weighted by Crippen LogP contribution is -2.47. The van der Waals surface area contributed by atoms with E-state index in [1.54, 1.807) is 5.48 Å². The zero-order valence-electron chi connectivity index (χ0n) is 18.4. The number of amides is 2. The van der Waals surface area contributed by atoms with Crippen LogP contribution < -0.4 is 10.8 Å². The first-order chi connectivity index (χ1) is 16.1. The van der Waals surface area contributed by atoms with Gasteiger partial charge in [0.2, 0.25) is 5.91 Å². The molecule has 1 fully saturated rings. The monoisotopic (exact) mass is 444 g/mol. The fourth-order valence-corrected chi connectivity index (χ4v) is 4.78. The molecule has 0 radical (unpaired) electrons. The highest BCUT2D eigenvalue weighted by atomic mass is 16.5. The van der Waals surface area contributed by atoms with E-state index in [-0.39, 0.29) is 11.9 Å². The molecule has 2 atom stereocenters. The van der Waals surface area contributed by atoms with Crippen LogP contribution in [0.2, 0.25) is 0 Å². The number of imidazole rings is 1. The van der Waals surface area contributed by atoms with Crippen LogP contribution in [0.1, 0.15) is 59.8 Å². The van der Waals surface area contributed by atoms with E-state index in [0.29, 0.717) is 30.9 Å². The van der Waals surface area contributed by atoms with Crippen molar-refractivity contribution in [3.63, 3.8) is 0 Å². The number of benzene rings is 2. The highest BCUT2D eigenvalue weighted by Crippen LogP contribution is 2.37. The molecule has 3 N–H and O–H groups in total. The van der Waals surface area contributed by atoms with E-state index >= 15 is 0 Å². The average molecular weight is 445 g/mol. The average Bonchev–Trinajstić information content (AvgIpc) is 3.16. The molecule has 0 spiro atoms. The van der Waals surface area contributed by atoms with Gasteiger partial charge in [-0.1, -0.05) is 42.8 Å². The number of carbonyl (C=O) groups excluding carboxylic acids is 2. The van der Waals surface area contributed by atoms with Crippen LogP contribution in [0.25, 0.3) is 11.0 Å². The normalized spacial score (nSPS) is 20.4. The van der Waals surface area contributed by atoms with Crippen molar-refractivity contribution in [2.24, 2.45) is 5.92 Å². The fourth-order valence-electron chi connectivity index (χ4n) is 4.78. The van der Waals surface area contributed by atoms with Crippen molar-refractivity contribution in [3.05, 3.63) is 77.6 Å². The number of hydrogen-bond acceptors (Lipinski definition) is 4. The molecule has 2 aliphatic carbocycles. The van der Waals surface area contributed by atoms with Gasteiger partial charge >= 0.3 is 0 Å². The summed E-state index contributed by atoms with van der Waals surface area (Å²) in [6, 6.07) is 15.5. The molecule has 2 aliphatic rings. The van der Waals surface area contributed by atoms with Gasteiger partial charge < -0.3 is 9.88 Å². The maximum atomic E-state index is 12.8. The number of carbonyl (C=O) groups is 2.